The summed E-state index contributed by atoms with van der Waals surface area (Å²) in [6.45, 7) is 4.01. The Morgan fingerprint density at radius 1 is 1.07 bits per heavy atom. The van der Waals surface area contributed by atoms with Crippen molar-refractivity contribution < 1.29 is 34.0 Å². The zero-order valence-corrected chi connectivity index (χ0v) is 23.6. The number of aryl methyl sites for hydroxylation is 1. The van der Waals surface area contributed by atoms with Gasteiger partial charge in [0.05, 0.1) is 19.6 Å². The van der Waals surface area contributed by atoms with E-state index in [0.29, 0.717) is 44.0 Å². The fourth-order valence-electron chi connectivity index (χ4n) is 5.99. The van der Waals surface area contributed by atoms with Crippen molar-refractivity contribution >= 4 is 11.9 Å². The van der Waals surface area contributed by atoms with Gasteiger partial charge in [0.15, 0.2) is 11.5 Å². The Morgan fingerprint density at radius 2 is 1.85 bits per heavy atom. The molecule has 2 aliphatic rings. The topological polar surface area (TPSA) is 109 Å². The van der Waals surface area contributed by atoms with Crippen LogP contribution in [0.15, 0.2) is 42.5 Å². The molecule has 1 amide bonds. The normalized spacial score (nSPS) is 20.0. The summed E-state index contributed by atoms with van der Waals surface area (Å²) in [7, 11) is 1.65. The van der Waals surface area contributed by atoms with E-state index in [2.05, 4.69) is 11.8 Å². The van der Waals surface area contributed by atoms with Crippen molar-refractivity contribution in [3.63, 3.8) is 0 Å². The smallest absolute Gasteiger partial charge is 0.308 e. The molecule has 0 spiro atoms. The van der Waals surface area contributed by atoms with E-state index < -0.39 is 11.9 Å². The van der Waals surface area contributed by atoms with Gasteiger partial charge in [-0.15, -0.1) is 0 Å². The minimum atomic E-state index is -0.858. The lowest BCUT2D eigenvalue weighted by atomic mass is 9.83. The number of nitrogens with zero attached hydrogens (tertiary/aromatic N) is 2. The Bertz CT molecular complexity index is 1130. The Labute approximate surface area is 236 Å². The first-order valence-corrected chi connectivity index (χ1v) is 14.3. The van der Waals surface area contributed by atoms with Gasteiger partial charge in [-0.25, -0.2) is 0 Å². The number of benzene rings is 2. The minimum absolute atomic E-state index is 0.0212. The Balaban J connectivity index is 1.57. The third-order valence-electron chi connectivity index (χ3n) is 8.06. The van der Waals surface area contributed by atoms with Crippen LogP contribution in [0.1, 0.15) is 56.1 Å². The number of hydrogen-bond donors (Lipinski definition) is 2. The number of fused-ring (bicyclic) bond motifs is 1. The van der Waals surface area contributed by atoms with Gasteiger partial charge in [0.2, 0.25) is 12.7 Å². The van der Waals surface area contributed by atoms with E-state index >= 15 is 0 Å². The van der Waals surface area contributed by atoms with Crippen molar-refractivity contribution in [3.05, 3.63) is 53.6 Å². The third kappa shape index (κ3) is 7.06. The van der Waals surface area contributed by atoms with E-state index in [-0.39, 0.29) is 37.8 Å². The number of likely N-dealkylation sites (tertiary alicyclic amines) is 1. The lowest BCUT2D eigenvalue weighted by Gasteiger charge is -2.30. The molecule has 1 saturated heterocycles. The van der Waals surface area contributed by atoms with Gasteiger partial charge in [0, 0.05) is 38.2 Å². The van der Waals surface area contributed by atoms with E-state index in [1.54, 1.807) is 7.11 Å². The molecule has 40 heavy (non-hydrogen) atoms. The van der Waals surface area contributed by atoms with Crippen molar-refractivity contribution in [1.82, 2.24) is 9.80 Å². The van der Waals surface area contributed by atoms with Crippen molar-refractivity contribution in [2.75, 3.05) is 46.7 Å². The number of ether oxygens (including phenoxy) is 3. The summed E-state index contributed by atoms with van der Waals surface area (Å²) in [5.41, 5.74) is 1.96. The number of aliphatic carboxylic acids is 1. The number of carbonyl (C=O) groups is 2. The molecule has 9 heteroatoms. The number of aliphatic hydroxyl groups excluding tert-OH is 1. The Kier molecular flexibility index (Phi) is 10.7. The molecule has 2 aromatic rings. The molecule has 9 nitrogen and oxygen atoms in total. The van der Waals surface area contributed by atoms with Crippen LogP contribution in [0.25, 0.3) is 0 Å². The van der Waals surface area contributed by atoms with Crippen molar-refractivity contribution in [2.24, 2.45) is 5.92 Å². The number of carboxylic acid groups (broad SMARTS) is 1. The van der Waals surface area contributed by atoms with Gasteiger partial charge < -0.3 is 29.3 Å². The number of hydrogen-bond acceptors (Lipinski definition) is 7. The second-order valence-electron chi connectivity index (χ2n) is 10.6. The van der Waals surface area contributed by atoms with E-state index in [1.165, 1.54) is 0 Å². The molecule has 0 aromatic heterocycles. The van der Waals surface area contributed by atoms with Crippen molar-refractivity contribution in [1.29, 1.82) is 0 Å². The molecule has 2 N–H and O–H groups in total. The van der Waals surface area contributed by atoms with E-state index in [0.717, 1.165) is 42.6 Å². The molecular formula is C31H42N2O7. The zero-order valence-electron chi connectivity index (χ0n) is 23.6. The van der Waals surface area contributed by atoms with Crippen molar-refractivity contribution in [2.45, 2.75) is 57.4 Å². The molecule has 1 fully saturated rings. The average Bonchev–Trinajstić information content (AvgIpc) is 3.57. The number of methoxy groups -OCH3 is 1. The summed E-state index contributed by atoms with van der Waals surface area (Å²) in [6.07, 6.45) is 4.52. The number of rotatable bonds is 15. The Morgan fingerprint density at radius 3 is 2.60 bits per heavy atom. The maximum Gasteiger partial charge on any atom is 0.308 e. The zero-order chi connectivity index (χ0) is 28.5. The fourth-order valence-corrected chi connectivity index (χ4v) is 5.99. The standard InChI is InChI=1S/C31H42N2O7/c1-3-4-15-32(16-8-17-34)29(35)20-33-19-24(23-13-14-27-28(18-23)40-21-39-27)30(31(36)37)25(33)11-7-10-22-9-5-6-12-26(22)38-2/h5-6,9,12-14,18,24-25,30,34H,3-4,7-8,10-11,15-17,19-21H2,1-2H3,(H,36,37)/t24-,25+,30-/m1/s1. The molecule has 3 atom stereocenters. The van der Waals surface area contributed by atoms with E-state index in [9.17, 15) is 19.8 Å². The van der Waals surface area contributed by atoms with Gasteiger partial charge in [-0.05, 0) is 61.4 Å². The highest BCUT2D eigenvalue weighted by Gasteiger charge is 2.47. The molecule has 2 heterocycles. The highest BCUT2D eigenvalue weighted by atomic mass is 16.7. The van der Waals surface area contributed by atoms with Crippen LogP contribution in [0, 0.1) is 5.92 Å². The molecule has 0 unspecified atom stereocenters. The summed E-state index contributed by atoms with van der Waals surface area (Å²) in [4.78, 5) is 30.2. The van der Waals surface area contributed by atoms with Crippen LogP contribution in [0.2, 0.25) is 0 Å². The first-order chi connectivity index (χ1) is 19.5. The number of amides is 1. The molecule has 0 aliphatic carbocycles. The molecule has 2 aliphatic heterocycles. The summed E-state index contributed by atoms with van der Waals surface area (Å²) in [5, 5.41) is 19.8. The average molecular weight is 555 g/mol. The second kappa shape index (κ2) is 14.4. The van der Waals surface area contributed by atoms with Gasteiger partial charge >= 0.3 is 5.97 Å². The van der Waals surface area contributed by atoms with Gasteiger partial charge in [-0.3, -0.25) is 14.5 Å². The molecule has 4 rings (SSSR count). The predicted molar refractivity (Wildman–Crippen MR) is 151 cm³/mol. The molecule has 0 bridgehead atoms. The van der Waals surface area contributed by atoms with Crippen LogP contribution in [0.3, 0.4) is 0 Å². The molecule has 2 aromatic carbocycles. The van der Waals surface area contributed by atoms with Gasteiger partial charge in [-0.1, -0.05) is 37.6 Å². The third-order valence-corrected chi connectivity index (χ3v) is 8.06. The summed E-state index contributed by atoms with van der Waals surface area (Å²) in [5.74, 6) is 0.257. The predicted octanol–water partition coefficient (Wildman–Crippen LogP) is 3.93. The maximum absolute atomic E-state index is 13.5. The quantitative estimate of drug-likeness (QED) is 0.341. The monoisotopic (exact) mass is 554 g/mol. The Hall–Kier alpha value is -3.30. The summed E-state index contributed by atoms with van der Waals surface area (Å²) < 4.78 is 16.5. The lowest BCUT2D eigenvalue weighted by Crippen LogP contribution is -2.44. The molecule has 0 saturated carbocycles. The first kappa shape index (κ1) is 29.7. The molecule has 0 radical (unpaired) electrons. The fraction of sp³-hybridized carbons (Fsp3) is 0.548. The highest BCUT2D eigenvalue weighted by Crippen LogP contribution is 2.43. The van der Waals surface area contributed by atoms with E-state index in [4.69, 9.17) is 14.2 Å². The summed E-state index contributed by atoms with van der Waals surface area (Å²) in [6, 6.07) is 13.2. The van der Waals surface area contributed by atoms with Crippen LogP contribution < -0.4 is 14.2 Å². The van der Waals surface area contributed by atoms with Gasteiger partial charge in [0.25, 0.3) is 0 Å². The number of carboxylic acids is 1. The molecular weight excluding hydrogens is 512 g/mol. The van der Waals surface area contributed by atoms with Crippen LogP contribution in [-0.2, 0) is 16.0 Å². The van der Waals surface area contributed by atoms with Crippen LogP contribution in [-0.4, -0.2) is 84.6 Å². The van der Waals surface area contributed by atoms with E-state index in [1.807, 2.05) is 47.4 Å². The number of aliphatic hydroxyl groups is 1. The number of carbonyl (C=O) groups excluding carboxylic acids is 1. The number of para-hydroxylation sites is 1. The number of unbranched alkanes of at least 4 members (excludes halogenated alkanes) is 1. The largest absolute Gasteiger partial charge is 0.496 e. The van der Waals surface area contributed by atoms with Crippen LogP contribution in [0.5, 0.6) is 17.2 Å². The van der Waals surface area contributed by atoms with Crippen molar-refractivity contribution in [3.8, 4) is 17.2 Å². The van der Waals surface area contributed by atoms with Crippen LogP contribution >= 0.6 is 0 Å². The molecule has 218 valence electrons. The maximum atomic E-state index is 13.5. The lowest BCUT2D eigenvalue weighted by molar-refractivity contribution is -0.144. The SMILES string of the molecule is CCCCN(CCCO)C(=O)CN1C[C@H](c2ccc3c(c2)OCO3)[C@@H](C(=O)O)[C@@H]1CCCc1ccccc1OC. The summed E-state index contributed by atoms with van der Waals surface area (Å²) >= 11 is 0. The minimum Gasteiger partial charge on any atom is -0.496 e. The first-order valence-electron chi connectivity index (χ1n) is 14.3. The van der Waals surface area contributed by atoms with Crippen LogP contribution in [0.4, 0.5) is 0 Å². The van der Waals surface area contributed by atoms with Gasteiger partial charge in [-0.2, -0.15) is 0 Å². The van der Waals surface area contributed by atoms with Gasteiger partial charge in [0.1, 0.15) is 5.75 Å². The second-order valence-corrected chi connectivity index (χ2v) is 10.6. The highest BCUT2D eigenvalue weighted by molar-refractivity contribution is 5.79.